The first-order chi connectivity index (χ1) is 12.7. The van der Waals surface area contributed by atoms with Crippen molar-refractivity contribution in [2.45, 2.75) is 31.8 Å². The number of aliphatic hydroxyl groups excluding tert-OH is 1. The highest BCUT2D eigenvalue weighted by Gasteiger charge is 2.30. The minimum atomic E-state index is -1.26. The molecule has 1 unspecified atom stereocenters. The molecule has 27 heavy (non-hydrogen) atoms. The number of allylic oxidation sites excluding steroid dienone is 3. The number of hydrogen-bond donors (Lipinski definition) is 2. The Labute approximate surface area is 161 Å². The second-order valence-electron chi connectivity index (χ2n) is 6.89. The molecule has 1 rings (SSSR count). The highest BCUT2D eigenvalue weighted by Crippen LogP contribution is 2.34. The van der Waals surface area contributed by atoms with Crippen LogP contribution in [-0.4, -0.2) is 42.4 Å². The van der Waals surface area contributed by atoms with Gasteiger partial charge in [-0.3, -0.25) is 0 Å². The minimum Gasteiger partial charge on any atom is -0.396 e. The van der Waals surface area contributed by atoms with E-state index in [2.05, 4.69) is 12.6 Å². The van der Waals surface area contributed by atoms with Crippen LogP contribution in [0.25, 0.3) is 0 Å². The van der Waals surface area contributed by atoms with Gasteiger partial charge < -0.3 is 15.1 Å². The normalized spacial score (nSPS) is 14.7. The molecule has 0 spiro atoms. The Morgan fingerprint density at radius 2 is 1.93 bits per heavy atom. The van der Waals surface area contributed by atoms with Crippen molar-refractivity contribution in [1.29, 1.82) is 5.26 Å². The fraction of sp³-hybridized carbons (Fsp3) is 0.409. The molecule has 1 aromatic carbocycles. The Balaban J connectivity index is 3.22. The number of rotatable bonds is 10. The molecule has 0 radical (unpaired) electrons. The average Bonchev–Trinajstić information content (AvgIpc) is 2.62. The molecule has 5 heteroatoms. The molecule has 0 saturated carbocycles. The fourth-order valence-corrected chi connectivity index (χ4v) is 2.80. The number of benzene rings is 1. The first kappa shape index (κ1) is 22.8. The lowest BCUT2D eigenvalue weighted by molar-refractivity contribution is 0.0620. The molecule has 1 atom stereocenters. The summed E-state index contributed by atoms with van der Waals surface area (Å²) in [5.41, 5.74) is 0.897. The summed E-state index contributed by atoms with van der Waals surface area (Å²) in [6.07, 6.45) is 4.83. The molecule has 0 fully saturated rings. The van der Waals surface area contributed by atoms with Gasteiger partial charge in [-0.1, -0.05) is 24.8 Å². The van der Waals surface area contributed by atoms with Gasteiger partial charge in [0.25, 0.3) is 0 Å². The highest BCUT2D eigenvalue weighted by atomic mass is 19.1. The van der Waals surface area contributed by atoms with Gasteiger partial charge in [-0.05, 0) is 81.7 Å². The van der Waals surface area contributed by atoms with Crippen LogP contribution in [0.2, 0.25) is 0 Å². The standard InChI is InChI=1S/C22H29FN2O2/c1-17(12-15-26)19(16-24)7-6-18(2)22(27,13-5-14-25(3)4)20-8-10-21(23)11-9-20/h6-11,26-27H,1,5,12-15H2,2-4H3/b18-6+,19-7-. The Kier molecular flexibility index (Phi) is 9.10. The van der Waals surface area contributed by atoms with Crippen LogP contribution in [-0.2, 0) is 5.60 Å². The van der Waals surface area contributed by atoms with E-state index in [0.717, 1.165) is 13.0 Å². The van der Waals surface area contributed by atoms with Crippen molar-refractivity contribution in [2.75, 3.05) is 27.2 Å². The molecule has 0 aliphatic rings. The van der Waals surface area contributed by atoms with Crippen molar-refractivity contribution < 1.29 is 14.6 Å². The Morgan fingerprint density at radius 3 is 2.44 bits per heavy atom. The van der Waals surface area contributed by atoms with Crippen LogP contribution in [0.3, 0.4) is 0 Å². The summed E-state index contributed by atoms with van der Waals surface area (Å²) >= 11 is 0. The molecule has 146 valence electrons. The summed E-state index contributed by atoms with van der Waals surface area (Å²) in [7, 11) is 3.93. The number of halogens is 1. The highest BCUT2D eigenvalue weighted by molar-refractivity contribution is 5.44. The van der Waals surface area contributed by atoms with Gasteiger partial charge in [-0.2, -0.15) is 5.26 Å². The third kappa shape index (κ3) is 6.76. The van der Waals surface area contributed by atoms with Gasteiger partial charge in [0.1, 0.15) is 11.4 Å². The Morgan fingerprint density at radius 1 is 1.30 bits per heavy atom. The van der Waals surface area contributed by atoms with E-state index in [9.17, 15) is 14.8 Å². The molecule has 2 N–H and O–H groups in total. The maximum absolute atomic E-state index is 13.3. The summed E-state index contributed by atoms with van der Waals surface area (Å²) in [6.45, 7) is 6.32. The predicted molar refractivity (Wildman–Crippen MR) is 106 cm³/mol. The van der Waals surface area contributed by atoms with E-state index < -0.39 is 5.60 Å². The average molecular weight is 372 g/mol. The summed E-state index contributed by atoms with van der Waals surface area (Å²) in [6, 6.07) is 7.90. The van der Waals surface area contributed by atoms with Gasteiger partial charge in [-0.25, -0.2) is 4.39 Å². The SMILES string of the molecule is C=C(CCO)/C(C#N)=C\C=C(/C)C(O)(CCCN(C)C)c1ccc(F)cc1. The zero-order valence-corrected chi connectivity index (χ0v) is 16.4. The van der Waals surface area contributed by atoms with E-state index in [1.165, 1.54) is 12.1 Å². The lowest BCUT2D eigenvalue weighted by Crippen LogP contribution is -2.29. The lowest BCUT2D eigenvalue weighted by atomic mass is 9.82. The molecule has 0 aliphatic heterocycles. The van der Waals surface area contributed by atoms with Crippen LogP contribution in [0.1, 0.15) is 31.7 Å². The zero-order valence-electron chi connectivity index (χ0n) is 16.4. The van der Waals surface area contributed by atoms with Crippen LogP contribution in [0, 0.1) is 17.1 Å². The smallest absolute Gasteiger partial charge is 0.123 e. The Hall–Kier alpha value is -2.26. The molecular weight excluding hydrogens is 343 g/mol. The quantitative estimate of drug-likeness (QED) is 0.486. The van der Waals surface area contributed by atoms with Crippen LogP contribution >= 0.6 is 0 Å². The van der Waals surface area contributed by atoms with Crippen LogP contribution in [0.4, 0.5) is 4.39 Å². The van der Waals surface area contributed by atoms with Gasteiger partial charge in [-0.15, -0.1) is 0 Å². The van der Waals surface area contributed by atoms with Crippen LogP contribution < -0.4 is 0 Å². The molecule has 0 heterocycles. The van der Waals surface area contributed by atoms with Crippen molar-refractivity contribution in [3.05, 3.63) is 71.1 Å². The topological polar surface area (TPSA) is 67.5 Å². The largest absolute Gasteiger partial charge is 0.396 e. The molecular formula is C22H29FN2O2. The maximum Gasteiger partial charge on any atom is 0.123 e. The van der Waals surface area contributed by atoms with Crippen molar-refractivity contribution in [2.24, 2.45) is 0 Å². The van der Waals surface area contributed by atoms with E-state index >= 15 is 0 Å². The molecule has 0 amide bonds. The van der Waals surface area contributed by atoms with Crippen molar-refractivity contribution in [3.63, 3.8) is 0 Å². The summed E-state index contributed by atoms with van der Waals surface area (Å²) in [5, 5.41) is 29.7. The number of nitriles is 1. The van der Waals surface area contributed by atoms with Crippen molar-refractivity contribution in [1.82, 2.24) is 4.90 Å². The van der Waals surface area contributed by atoms with Gasteiger partial charge >= 0.3 is 0 Å². The van der Waals surface area contributed by atoms with Crippen LogP contribution in [0.15, 0.2) is 59.7 Å². The fourth-order valence-electron chi connectivity index (χ4n) is 2.80. The van der Waals surface area contributed by atoms with Crippen LogP contribution in [0.5, 0.6) is 0 Å². The second-order valence-corrected chi connectivity index (χ2v) is 6.89. The van der Waals surface area contributed by atoms with Gasteiger partial charge in [0, 0.05) is 6.61 Å². The van der Waals surface area contributed by atoms with Crippen molar-refractivity contribution >= 4 is 0 Å². The predicted octanol–water partition coefficient (Wildman–Crippen LogP) is 3.69. The minimum absolute atomic E-state index is 0.0788. The monoisotopic (exact) mass is 372 g/mol. The zero-order chi connectivity index (χ0) is 20.4. The van der Waals surface area contributed by atoms with Gasteiger partial charge in [0.15, 0.2) is 0 Å². The number of hydrogen-bond acceptors (Lipinski definition) is 4. The third-order valence-corrected chi connectivity index (χ3v) is 4.53. The van der Waals surface area contributed by atoms with Crippen molar-refractivity contribution in [3.8, 4) is 6.07 Å². The number of nitrogens with zero attached hydrogens (tertiary/aromatic N) is 2. The maximum atomic E-state index is 13.3. The van der Waals surface area contributed by atoms with E-state index in [4.69, 9.17) is 5.11 Å². The first-order valence-electron chi connectivity index (χ1n) is 8.96. The van der Waals surface area contributed by atoms with E-state index in [1.54, 1.807) is 31.2 Å². The van der Waals surface area contributed by atoms with E-state index in [-0.39, 0.29) is 12.4 Å². The lowest BCUT2D eigenvalue weighted by Gasteiger charge is -2.30. The first-order valence-corrected chi connectivity index (χ1v) is 8.96. The second kappa shape index (κ2) is 10.8. The van der Waals surface area contributed by atoms with Gasteiger partial charge in [0.2, 0.25) is 0 Å². The summed E-state index contributed by atoms with van der Waals surface area (Å²) in [5.74, 6) is -0.358. The molecule has 0 aliphatic carbocycles. The van der Waals surface area contributed by atoms with E-state index in [1.807, 2.05) is 19.0 Å². The summed E-state index contributed by atoms with van der Waals surface area (Å²) < 4.78 is 13.3. The number of aliphatic hydroxyl groups is 2. The summed E-state index contributed by atoms with van der Waals surface area (Å²) in [4.78, 5) is 2.04. The third-order valence-electron chi connectivity index (χ3n) is 4.53. The molecule has 0 saturated heterocycles. The molecule has 0 bridgehead atoms. The molecule has 0 aromatic heterocycles. The van der Waals surface area contributed by atoms with Gasteiger partial charge in [0.05, 0.1) is 11.6 Å². The van der Waals surface area contributed by atoms with E-state index in [0.29, 0.717) is 35.1 Å². The molecule has 4 nitrogen and oxygen atoms in total. The molecule has 1 aromatic rings. The Bertz CT molecular complexity index is 730.